The second-order valence-electron chi connectivity index (χ2n) is 7.00. The molecule has 0 saturated heterocycles. The Labute approximate surface area is 161 Å². The quantitative estimate of drug-likeness (QED) is 0.831. The van der Waals surface area contributed by atoms with Crippen LogP contribution < -0.4 is 4.90 Å². The number of hydrogen-bond acceptors (Lipinski definition) is 3. The normalized spacial score (nSPS) is 24.6. The van der Waals surface area contributed by atoms with Gasteiger partial charge in [0.2, 0.25) is 0 Å². The summed E-state index contributed by atoms with van der Waals surface area (Å²) in [4.78, 5) is 28.0. The lowest BCUT2D eigenvalue weighted by molar-refractivity contribution is -0.140. The molecule has 0 bridgehead atoms. The second kappa shape index (κ2) is 6.32. The van der Waals surface area contributed by atoms with Gasteiger partial charge in [-0.15, -0.1) is 0 Å². The third-order valence-electron chi connectivity index (χ3n) is 5.48. The van der Waals surface area contributed by atoms with Gasteiger partial charge in [-0.1, -0.05) is 47.1 Å². The number of ketones is 1. The molecule has 5 heteroatoms. The van der Waals surface area contributed by atoms with Gasteiger partial charge >= 0.3 is 0 Å². The number of benzene rings is 2. The zero-order chi connectivity index (χ0) is 18.5. The van der Waals surface area contributed by atoms with E-state index in [0.29, 0.717) is 36.2 Å². The number of amides is 1. The van der Waals surface area contributed by atoms with Crippen molar-refractivity contribution in [1.82, 2.24) is 0 Å². The van der Waals surface area contributed by atoms with Crippen LogP contribution in [0.15, 0.2) is 46.9 Å². The summed E-state index contributed by atoms with van der Waals surface area (Å²) in [5, 5.41) is 11.6. The van der Waals surface area contributed by atoms with E-state index in [4.69, 9.17) is 0 Å². The number of anilines is 1. The molecule has 2 aromatic carbocycles. The van der Waals surface area contributed by atoms with E-state index < -0.39 is 11.5 Å². The van der Waals surface area contributed by atoms with Crippen molar-refractivity contribution in [3.63, 3.8) is 0 Å². The average Bonchev–Trinajstić information content (AvgIpc) is 2.85. The van der Waals surface area contributed by atoms with Gasteiger partial charge in [-0.25, -0.2) is 0 Å². The van der Waals surface area contributed by atoms with Crippen LogP contribution in [-0.4, -0.2) is 23.3 Å². The lowest BCUT2D eigenvalue weighted by Crippen LogP contribution is -2.49. The molecule has 0 spiro atoms. The topological polar surface area (TPSA) is 57.6 Å². The Morgan fingerprint density at radius 1 is 1.23 bits per heavy atom. The van der Waals surface area contributed by atoms with Gasteiger partial charge in [0.15, 0.2) is 11.4 Å². The summed E-state index contributed by atoms with van der Waals surface area (Å²) in [6.45, 7) is 2.51. The summed E-state index contributed by atoms with van der Waals surface area (Å²) in [6, 6.07) is 12.9. The van der Waals surface area contributed by atoms with Gasteiger partial charge in [0, 0.05) is 22.1 Å². The fourth-order valence-corrected chi connectivity index (χ4v) is 4.62. The Morgan fingerprint density at radius 3 is 2.77 bits per heavy atom. The third-order valence-corrected chi connectivity index (χ3v) is 5.98. The molecule has 1 heterocycles. The lowest BCUT2D eigenvalue weighted by Gasteiger charge is -2.34. The van der Waals surface area contributed by atoms with E-state index in [9.17, 15) is 14.7 Å². The van der Waals surface area contributed by atoms with Crippen molar-refractivity contribution >= 4 is 33.3 Å². The van der Waals surface area contributed by atoms with E-state index >= 15 is 0 Å². The average molecular weight is 414 g/mol. The molecule has 1 aliphatic carbocycles. The number of aliphatic hydroxyl groups is 1. The molecule has 2 atom stereocenters. The van der Waals surface area contributed by atoms with Crippen LogP contribution in [0.2, 0.25) is 0 Å². The molecule has 0 unspecified atom stereocenters. The van der Waals surface area contributed by atoms with Crippen LogP contribution in [0.3, 0.4) is 0 Å². The van der Waals surface area contributed by atoms with Crippen molar-refractivity contribution in [3.8, 4) is 0 Å². The van der Waals surface area contributed by atoms with Crippen molar-refractivity contribution in [3.05, 3.63) is 63.6 Å². The molecule has 1 aliphatic heterocycles. The molecule has 0 saturated carbocycles. The van der Waals surface area contributed by atoms with Crippen molar-refractivity contribution < 1.29 is 14.7 Å². The van der Waals surface area contributed by atoms with Crippen LogP contribution in [-0.2, 0) is 16.8 Å². The minimum atomic E-state index is -1.81. The standard InChI is InChI=1S/C21H20BrNO3/c1-2-11-23-18-10-8-14(22)12-17(18)21(26,20(23)25)16-9-7-13-5-3-4-6-15(13)19(16)24/h3-6,8,10,12,16,26H,2,7,9,11H2,1H3/t16-,21+/m1/s1. The highest BCUT2D eigenvalue weighted by Gasteiger charge is 2.57. The predicted molar refractivity (Wildman–Crippen MR) is 103 cm³/mol. The minimum absolute atomic E-state index is 0.146. The Hall–Kier alpha value is -1.98. The van der Waals surface area contributed by atoms with Crippen molar-refractivity contribution in [2.75, 3.05) is 11.4 Å². The van der Waals surface area contributed by atoms with Gasteiger partial charge in [-0.05, 0) is 43.0 Å². The number of halogens is 1. The lowest BCUT2D eigenvalue weighted by atomic mass is 9.71. The number of carbonyl (C=O) groups excluding carboxylic acids is 2. The smallest absolute Gasteiger partial charge is 0.264 e. The molecule has 26 heavy (non-hydrogen) atoms. The predicted octanol–water partition coefficient (Wildman–Crippen LogP) is 3.84. The fraction of sp³-hybridized carbons (Fsp3) is 0.333. The number of aryl methyl sites for hydroxylation is 1. The van der Waals surface area contributed by atoms with Crippen LogP contribution >= 0.6 is 15.9 Å². The van der Waals surface area contributed by atoms with Crippen molar-refractivity contribution in [2.24, 2.45) is 5.92 Å². The van der Waals surface area contributed by atoms with Gasteiger partial charge < -0.3 is 10.0 Å². The van der Waals surface area contributed by atoms with E-state index in [1.165, 1.54) is 0 Å². The highest BCUT2D eigenvalue weighted by Crippen LogP contribution is 2.49. The van der Waals surface area contributed by atoms with Crippen molar-refractivity contribution in [1.29, 1.82) is 0 Å². The Balaban J connectivity index is 1.85. The van der Waals surface area contributed by atoms with Gasteiger partial charge in [0.1, 0.15) is 0 Å². The highest BCUT2D eigenvalue weighted by molar-refractivity contribution is 9.10. The van der Waals surface area contributed by atoms with E-state index in [0.717, 1.165) is 16.5 Å². The Kier molecular flexibility index (Phi) is 4.24. The molecule has 134 valence electrons. The van der Waals surface area contributed by atoms with E-state index in [2.05, 4.69) is 15.9 Å². The van der Waals surface area contributed by atoms with E-state index in [-0.39, 0.29) is 11.7 Å². The number of fused-ring (bicyclic) bond motifs is 2. The van der Waals surface area contributed by atoms with Gasteiger partial charge in [0.05, 0.1) is 11.6 Å². The zero-order valence-corrected chi connectivity index (χ0v) is 16.1. The maximum absolute atomic E-state index is 13.3. The number of carbonyl (C=O) groups is 2. The molecule has 1 amide bonds. The summed E-state index contributed by atoms with van der Waals surface area (Å²) < 4.78 is 0.782. The number of nitrogens with zero attached hydrogens (tertiary/aromatic N) is 1. The number of Topliss-reactive ketones (excluding diaryl/α,β-unsaturated/α-hetero) is 1. The Morgan fingerprint density at radius 2 is 2.00 bits per heavy atom. The maximum atomic E-state index is 13.3. The number of rotatable bonds is 3. The van der Waals surface area contributed by atoms with E-state index in [1.807, 2.05) is 37.3 Å². The van der Waals surface area contributed by atoms with Crippen LogP contribution in [0.25, 0.3) is 0 Å². The van der Waals surface area contributed by atoms with Gasteiger partial charge in [0.25, 0.3) is 5.91 Å². The minimum Gasteiger partial charge on any atom is -0.375 e. The third kappa shape index (κ3) is 2.37. The van der Waals surface area contributed by atoms with E-state index in [1.54, 1.807) is 17.0 Å². The first-order valence-electron chi connectivity index (χ1n) is 8.95. The highest BCUT2D eigenvalue weighted by atomic mass is 79.9. The SMILES string of the molecule is CCCN1C(=O)[C@](O)([C@@H]2CCc3ccccc3C2=O)c2cc(Br)ccc21. The second-order valence-corrected chi connectivity index (χ2v) is 7.91. The first kappa shape index (κ1) is 17.4. The van der Waals surface area contributed by atoms with Crippen LogP contribution in [0.1, 0.15) is 41.3 Å². The molecule has 2 aromatic rings. The monoisotopic (exact) mass is 413 g/mol. The zero-order valence-electron chi connectivity index (χ0n) is 14.5. The first-order valence-corrected chi connectivity index (χ1v) is 9.74. The first-order chi connectivity index (χ1) is 12.5. The molecule has 0 aromatic heterocycles. The van der Waals surface area contributed by atoms with Crippen molar-refractivity contribution in [2.45, 2.75) is 31.8 Å². The molecule has 2 aliphatic rings. The number of hydrogen-bond donors (Lipinski definition) is 1. The molecular formula is C21H20BrNO3. The molecule has 0 fully saturated rings. The van der Waals surface area contributed by atoms with Crippen LogP contribution in [0.4, 0.5) is 5.69 Å². The molecule has 4 nitrogen and oxygen atoms in total. The van der Waals surface area contributed by atoms with Gasteiger partial charge in [-0.3, -0.25) is 9.59 Å². The van der Waals surface area contributed by atoms with Gasteiger partial charge in [-0.2, -0.15) is 0 Å². The summed E-state index contributed by atoms with van der Waals surface area (Å²) >= 11 is 3.43. The molecule has 4 rings (SSSR count). The molecule has 0 radical (unpaired) electrons. The summed E-state index contributed by atoms with van der Waals surface area (Å²) in [5.74, 6) is -1.29. The van der Waals surface area contributed by atoms with Crippen LogP contribution in [0, 0.1) is 5.92 Å². The summed E-state index contributed by atoms with van der Waals surface area (Å²) in [7, 11) is 0. The largest absolute Gasteiger partial charge is 0.375 e. The maximum Gasteiger partial charge on any atom is 0.264 e. The summed E-state index contributed by atoms with van der Waals surface area (Å²) in [5.41, 5.74) is 1.04. The summed E-state index contributed by atoms with van der Waals surface area (Å²) in [6.07, 6.45) is 1.92. The molecular weight excluding hydrogens is 394 g/mol. The van der Waals surface area contributed by atoms with Crippen LogP contribution in [0.5, 0.6) is 0 Å². The molecule has 1 N–H and O–H groups in total. The Bertz CT molecular complexity index is 910. The fourth-order valence-electron chi connectivity index (χ4n) is 4.26.